The smallest absolute Gasteiger partial charge is 0.320 e. The largest absolute Gasteiger partial charge is 0.481 e. The molecule has 2 aliphatic heterocycles. The minimum atomic E-state index is -1.06. The lowest BCUT2D eigenvalue weighted by Gasteiger charge is -2.13. The lowest BCUT2D eigenvalue weighted by Crippen LogP contribution is -2.30. The third kappa shape index (κ3) is 26.4. The quantitative estimate of drug-likeness (QED) is 0.0274. The van der Waals surface area contributed by atoms with Gasteiger partial charge < -0.3 is 26.4 Å². The summed E-state index contributed by atoms with van der Waals surface area (Å²) in [6.07, 6.45) is 17.7. The predicted octanol–water partition coefficient (Wildman–Crippen LogP) is 9.18. The van der Waals surface area contributed by atoms with Crippen LogP contribution in [-0.4, -0.2) is 65.3 Å². The van der Waals surface area contributed by atoms with E-state index in [9.17, 15) is 29.1 Å². The van der Waals surface area contributed by atoms with Gasteiger partial charge in [-0.15, -0.1) is 0 Å². The van der Waals surface area contributed by atoms with Gasteiger partial charge in [0.15, 0.2) is 2.74 Å². The molecule has 0 radical (unpaired) electrons. The van der Waals surface area contributed by atoms with E-state index in [1.54, 1.807) is 0 Å². The van der Waals surface area contributed by atoms with Gasteiger partial charge in [-0.2, -0.15) is 0 Å². The lowest BCUT2D eigenvalue weighted by molar-refractivity contribution is -0.144. The Bertz CT molecular complexity index is 936. The van der Waals surface area contributed by atoms with Crippen molar-refractivity contribution >= 4 is 94.4 Å². The first-order valence-corrected chi connectivity index (χ1v) is 24.0. The second-order valence-electron chi connectivity index (χ2n) is 12.1. The Morgan fingerprint density at radius 3 is 1.54 bits per heavy atom. The third-order valence-corrected chi connectivity index (χ3v) is 20.8. The summed E-state index contributed by atoms with van der Waals surface area (Å²) >= 11 is 0. The van der Waals surface area contributed by atoms with Crippen LogP contribution in [0.3, 0.4) is 0 Å². The van der Waals surface area contributed by atoms with E-state index in [4.69, 9.17) is 15.9 Å². The summed E-state index contributed by atoms with van der Waals surface area (Å²) < 4.78 is 0.521. The summed E-state index contributed by atoms with van der Waals surface area (Å²) in [5.74, 6) is -4.01. The van der Waals surface area contributed by atoms with Crippen LogP contribution < -0.4 is 11.1 Å². The molecule has 0 aromatic carbocycles. The Hall–Kier alpha value is -0.390. The van der Waals surface area contributed by atoms with Gasteiger partial charge >= 0.3 is 17.9 Å². The second kappa shape index (κ2) is 29.2. The maximum atomic E-state index is 12.3. The van der Waals surface area contributed by atoms with E-state index in [1.165, 1.54) is 50.0 Å². The van der Waals surface area contributed by atoms with Crippen LogP contribution in [0.2, 0.25) is 0 Å². The summed E-state index contributed by atoms with van der Waals surface area (Å²) in [6, 6.07) is -0.906. The number of unbranched alkanes of at least 4 members (excludes halogenated alkanes) is 14. The van der Waals surface area contributed by atoms with Gasteiger partial charge in [0, 0.05) is 32.2 Å². The van der Waals surface area contributed by atoms with Crippen molar-refractivity contribution in [1.29, 1.82) is 0 Å². The highest BCUT2D eigenvalue weighted by Gasteiger charge is 2.50. The molecule has 1 spiro atoms. The van der Waals surface area contributed by atoms with Crippen molar-refractivity contribution in [3.05, 3.63) is 0 Å². The highest BCUT2D eigenvalue weighted by atomic mass is 33.2. The maximum Gasteiger partial charge on any atom is 0.320 e. The van der Waals surface area contributed by atoms with Gasteiger partial charge in [-0.05, 0) is 60.1 Å². The first-order valence-electron chi connectivity index (χ1n) is 17.2. The fraction of sp³-hybridized carbons (Fsp3) is 0.844. The van der Waals surface area contributed by atoms with Gasteiger partial charge in [-0.25, -0.2) is 0 Å². The van der Waals surface area contributed by atoms with E-state index in [1.807, 2.05) is 64.8 Å². The number of Topliss-reactive ketones (excluding diaryl/α,β-unsaturated/α-hetero) is 1. The molecule has 0 aliphatic carbocycles. The van der Waals surface area contributed by atoms with Crippen molar-refractivity contribution in [3.63, 3.8) is 0 Å². The molecule has 10 nitrogen and oxygen atoms in total. The van der Waals surface area contributed by atoms with E-state index >= 15 is 0 Å². The number of nitrogens with two attached hydrogens (primary N) is 1. The molecule has 0 aromatic rings. The van der Waals surface area contributed by atoms with Gasteiger partial charge in [0.05, 0.1) is 11.0 Å². The SMILES string of the molecule is C1SSC2(SS1)SS2.N[C@@H](CCCCNC(=O)CC[C@H](CC(=O)CCCCCCCCCCCCCCCCC(=O)O)C(=O)O)C(=O)O. The van der Waals surface area contributed by atoms with Crippen molar-refractivity contribution < 1.29 is 39.3 Å². The summed E-state index contributed by atoms with van der Waals surface area (Å²) in [4.78, 5) is 56.9. The van der Waals surface area contributed by atoms with Gasteiger partial charge in [-0.1, -0.05) is 120 Å². The second-order valence-corrected chi connectivity index (χ2v) is 21.6. The zero-order valence-corrected chi connectivity index (χ0v) is 32.9. The molecular weight excluding hydrogens is 733 g/mol. The number of carbonyl (C=O) groups is 5. The molecular formula is C32H56N2O8S6. The molecule has 0 saturated carbocycles. The first-order chi connectivity index (χ1) is 23.0. The van der Waals surface area contributed by atoms with Crippen LogP contribution >= 0.6 is 64.8 Å². The number of amides is 1. The molecule has 1 amide bonds. The van der Waals surface area contributed by atoms with Crippen LogP contribution in [0.25, 0.3) is 0 Å². The van der Waals surface area contributed by atoms with Crippen LogP contribution in [0.5, 0.6) is 0 Å². The van der Waals surface area contributed by atoms with Crippen LogP contribution in [-0.2, 0) is 24.0 Å². The number of hydrogen-bond donors (Lipinski definition) is 5. The molecule has 2 fully saturated rings. The molecule has 2 rings (SSSR count). The monoisotopic (exact) mass is 788 g/mol. The molecule has 2 atom stereocenters. The van der Waals surface area contributed by atoms with Gasteiger partial charge in [0.1, 0.15) is 11.8 Å². The number of aliphatic carboxylic acids is 3. The van der Waals surface area contributed by atoms with Crippen molar-refractivity contribution in [1.82, 2.24) is 5.32 Å². The minimum absolute atomic E-state index is 0.0352. The zero-order valence-electron chi connectivity index (χ0n) is 28.0. The number of hydrogen-bond acceptors (Lipinski definition) is 12. The van der Waals surface area contributed by atoms with Crippen molar-refractivity contribution in [3.8, 4) is 0 Å². The molecule has 6 N–H and O–H groups in total. The molecule has 2 saturated heterocycles. The van der Waals surface area contributed by atoms with Crippen molar-refractivity contribution in [2.45, 2.75) is 150 Å². The number of nitrogens with one attached hydrogen (secondary N) is 1. The normalized spacial score (nSPS) is 15.9. The van der Waals surface area contributed by atoms with Crippen LogP contribution in [0.4, 0.5) is 0 Å². The fourth-order valence-electron chi connectivity index (χ4n) is 4.96. The molecule has 0 unspecified atom stereocenters. The fourth-order valence-corrected chi connectivity index (χ4v) is 18.0. The lowest BCUT2D eigenvalue weighted by atomic mass is 9.94. The first kappa shape index (κ1) is 45.6. The maximum absolute atomic E-state index is 12.3. The average Bonchev–Trinajstić information content (AvgIpc) is 3.80. The van der Waals surface area contributed by atoms with Crippen LogP contribution in [0.15, 0.2) is 0 Å². The molecule has 16 heteroatoms. The number of rotatable bonds is 29. The van der Waals surface area contributed by atoms with E-state index < -0.39 is 29.9 Å². The Kier molecular flexibility index (Phi) is 27.8. The molecule has 2 heterocycles. The van der Waals surface area contributed by atoms with E-state index in [0.717, 1.165) is 44.9 Å². The number of carboxylic acids is 3. The molecule has 2 aliphatic rings. The number of ketones is 1. The van der Waals surface area contributed by atoms with Crippen LogP contribution in [0.1, 0.15) is 141 Å². The summed E-state index contributed by atoms with van der Waals surface area (Å²) in [6.45, 7) is 0.376. The number of carboxylic acid groups (broad SMARTS) is 3. The molecule has 48 heavy (non-hydrogen) atoms. The molecule has 0 bridgehead atoms. The molecule has 278 valence electrons. The third-order valence-electron chi connectivity index (χ3n) is 7.86. The Labute approximate surface area is 310 Å². The highest BCUT2D eigenvalue weighted by molar-refractivity contribution is 9.14. The van der Waals surface area contributed by atoms with E-state index in [2.05, 4.69) is 5.32 Å². The Morgan fingerprint density at radius 2 is 1.10 bits per heavy atom. The summed E-state index contributed by atoms with van der Waals surface area (Å²) in [7, 11) is 12.0. The Morgan fingerprint density at radius 1 is 0.604 bits per heavy atom. The standard InChI is InChI=1S/C30H54N2O8.C2H2S6/c31-26(30(39)40)18-15-16-22-32-27(34)21-20-24(29(37)38)23-25(33)17-13-11-9-7-5-3-1-2-4-6-8-10-12-14-19-28(35)36;1-3-5-2(6-4-1)7-8-2/h24,26H,1-23,31H2,(H,32,34)(H,35,36)(H,37,38)(H,39,40);1H2/t24-,26+;/m1./s1. The van der Waals surface area contributed by atoms with Crippen LogP contribution in [0, 0.1) is 5.92 Å². The van der Waals surface area contributed by atoms with Gasteiger partial charge in [0.2, 0.25) is 5.91 Å². The van der Waals surface area contributed by atoms with Gasteiger partial charge in [0.25, 0.3) is 0 Å². The summed E-state index contributed by atoms with van der Waals surface area (Å²) in [5, 5.41) is 30.7. The van der Waals surface area contributed by atoms with Crippen molar-refractivity contribution in [2.24, 2.45) is 11.7 Å². The van der Waals surface area contributed by atoms with E-state index in [-0.39, 0.29) is 37.4 Å². The van der Waals surface area contributed by atoms with E-state index in [0.29, 0.717) is 35.0 Å². The average molecular weight is 789 g/mol. The zero-order chi connectivity index (χ0) is 35.5. The summed E-state index contributed by atoms with van der Waals surface area (Å²) in [5.41, 5.74) is 5.43. The van der Waals surface area contributed by atoms with Crippen molar-refractivity contribution in [2.75, 3.05) is 11.6 Å². The van der Waals surface area contributed by atoms with Gasteiger partial charge in [-0.3, -0.25) is 24.0 Å². The minimum Gasteiger partial charge on any atom is -0.481 e. The highest BCUT2D eigenvalue weighted by Crippen LogP contribution is 2.83. The predicted molar refractivity (Wildman–Crippen MR) is 207 cm³/mol. The number of carbonyl (C=O) groups excluding carboxylic acids is 2. The topological polar surface area (TPSA) is 184 Å². The molecule has 0 aromatic heterocycles. The Balaban J connectivity index is 0.00000122.